The third-order valence-electron chi connectivity index (χ3n) is 8.17. The van der Waals surface area contributed by atoms with Crippen molar-refractivity contribution in [3.05, 3.63) is 24.3 Å². The molecule has 0 saturated carbocycles. The first-order chi connectivity index (χ1) is 24.1. The lowest BCUT2D eigenvalue weighted by Crippen LogP contribution is -2.34. The molecule has 1 unspecified atom stereocenters. The van der Waals surface area contributed by atoms with Crippen molar-refractivity contribution >= 4 is 25.7 Å². The number of phosphoric ester groups is 1. The summed E-state index contributed by atoms with van der Waals surface area (Å²) in [5, 5.41) is 8.85. The Morgan fingerprint density at radius 1 is 0.600 bits per heavy atom. The van der Waals surface area contributed by atoms with E-state index < -0.39 is 51.1 Å². The molecule has 0 spiro atoms. The zero-order valence-electron chi connectivity index (χ0n) is 31.2. The predicted molar refractivity (Wildman–Crippen MR) is 199 cm³/mol. The molecule has 4 N–H and O–H groups in total. The second kappa shape index (κ2) is 34.1. The van der Waals surface area contributed by atoms with Crippen molar-refractivity contribution < 1.29 is 47.5 Å². The van der Waals surface area contributed by atoms with Gasteiger partial charge in [0.05, 0.1) is 13.2 Å². The van der Waals surface area contributed by atoms with Crippen LogP contribution in [0.1, 0.15) is 168 Å². The monoisotopic (exact) mass is 731 g/mol. The zero-order chi connectivity index (χ0) is 37.1. The van der Waals surface area contributed by atoms with Crippen LogP contribution in [0.15, 0.2) is 24.3 Å². The highest BCUT2D eigenvalue weighted by Gasteiger charge is 2.28. The van der Waals surface area contributed by atoms with Gasteiger partial charge in [-0.3, -0.25) is 23.4 Å². The Morgan fingerprint density at radius 3 is 1.46 bits per heavy atom. The lowest BCUT2D eigenvalue weighted by Gasteiger charge is -2.20. The van der Waals surface area contributed by atoms with E-state index in [0.29, 0.717) is 12.8 Å². The Bertz CT molecular complexity index is 958. The Morgan fingerprint density at radius 2 is 1.00 bits per heavy atom. The highest BCUT2D eigenvalue weighted by molar-refractivity contribution is 7.47. The van der Waals surface area contributed by atoms with E-state index in [1.165, 1.54) is 51.4 Å². The lowest BCUT2D eigenvalue weighted by molar-refractivity contribution is -0.161. The number of nitrogens with two attached hydrogens (primary N) is 1. The van der Waals surface area contributed by atoms with Crippen LogP contribution in [0.25, 0.3) is 0 Å². The molecule has 50 heavy (non-hydrogen) atoms. The van der Waals surface area contributed by atoms with Crippen LogP contribution < -0.4 is 5.73 Å². The Labute approximate surface area is 302 Å². The van der Waals surface area contributed by atoms with Crippen LogP contribution in [0.2, 0.25) is 0 Å². The molecule has 0 radical (unpaired) electrons. The lowest BCUT2D eigenvalue weighted by atomic mass is 10.1. The second-order valence-corrected chi connectivity index (χ2v) is 14.5. The molecule has 292 valence electrons. The summed E-state index contributed by atoms with van der Waals surface area (Å²) in [4.78, 5) is 45.7. The van der Waals surface area contributed by atoms with Crippen molar-refractivity contribution in [1.82, 2.24) is 0 Å². The molecule has 0 rings (SSSR count). The summed E-state index contributed by atoms with van der Waals surface area (Å²) in [7, 11) is -4.71. The van der Waals surface area contributed by atoms with Crippen LogP contribution in [-0.2, 0) is 37.5 Å². The van der Waals surface area contributed by atoms with Crippen molar-refractivity contribution in [2.45, 2.75) is 180 Å². The minimum Gasteiger partial charge on any atom is -0.480 e. The molecule has 11 nitrogen and oxygen atoms in total. The summed E-state index contributed by atoms with van der Waals surface area (Å²) in [6, 6.07) is -1.52. The number of carboxylic acid groups (broad SMARTS) is 1. The topological polar surface area (TPSA) is 172 Å². The third-order valence-corrected chi connectivity index (χ3v) is 9.12. The van der Waals surface area contributed by atoms with E-state index in [2.05, 4.69) is 42.7 Å². The smallest absolute Gasteiger partial charge is 0.472 e. The number of esters is 2. The number of hydrogen-bond donors (Lipinski definition) is 3. The molecular weight excluding hydrogens is 661 g/mol. The fourth-order valence-corrected chi connectivity index (χ4v) is 5.83. The van der Waals surface area contributed by atoms with E-state index in [9.17, 15) is 23.8 Å². The molecule has 0 aliphatic carbocycles. The van der Waals surface area contributed by atoms with E-state index in [-0.39, 0.29) is 19.4 Å². The fraction of sp³-hybridized carbons (Fsp3) is 0.816. The number of phosphoric acid groups is 1. The summed E-state index contributed by atoms with van der Waals surface area (Å²) >= 11 is 0. The van der Waals surface area contributed by atoms with Crippen molar-refractivity contribution in [1.29, 1.82) is 0 Å². The summed E-state index contributed by atoms with van der Waals surface area (Å²) in [5.41, 5.74) is 5.31. The van der Waals surface area contributed by atoms with Crippen LogP contribution in [0.5, 0.6) is 0 Å². The van der Waals surface area contributed by atoms with Gasteiger partial charge in [0.15, 0.2) is 6.10 Å². The summed E-state index contributed by atoms with van der Waals surface area (Å²) < 4.78 is 32.5. The number of rotatable bonds is 36. The fourth-order valence-electron chi connectivity index (χ4n) is 5.05. The molecule has 0 aliphatic rings. The van der Waals surface area contributed by atoms with E-state index in [1.54, 1.807) is 0 Å². The summed E-state index contributed by atoms with van der Waals surface area (Å²) in [5.74, 6) is -2.40. The van der Waals surface area contributed by atoms with Gasteiger partial charge in [0.25, 0.3) is 0 Å². The molecule has 0 heterocycles. The Kier molecular flexibility index (Phi) is 32.7. The maximum atomic E-state index is 12.5. The molecule has 0 amide bonds. The van der Waals surface area contributed by atoms with E-state index in [1.807, 2.05) is 0 Å². The van der Waals surface area contributed by atoms with Crippen LogP contribution >= 0.6 is 7.82 Å². The molecule has 3 atom stereocenters. The van der Waals surface area contributed by atoms with Gasteiger partial charge in [0, 0.05) is 12.8 Å². The Balaban J connectivity index is 4.46. The van der Waals surface area contributed by atoms with Gasteiger partial charge in [-0.25, -0.2) is 4.57 Å². The molecule has 0 aromatic carbocycles. The van der Waals surface area contributed by atoms with Crippen molar-refractivity contribution in [3.8, 4) is 0 Å². The molecule has 0 bridgehead atoms. The van der Waals surface area contributed by atoms with Crippen molar-refractivity contribution in [2.75, 3.05) is 19.8 Å². The van der Waals surface area contributed by atoms with Gasteiger partial charge in [0.2, 0.25) is 0 Å². The maximum absolute atomic E-state index is 12.5. The van der Waals surface area contributed by atoms with Gasteiger partial charge in [-0.1, -0.05) is 115 Å². The molecule has 12 heteroatoms. The third kappa shape index (κ3) is 33.1. The average Bonchev–Trinajstić information content (AvgIpc) is 3.09. The van der Waals surface area contributed by atoms with Crippen LogP contribution in [0, 0.1) is 0 Å². The van der Waals surface area contributed by atoms with Crippen molar-refractivity contribution in [3.63, 3.8) is 0 Å². The molecule has 0 saturated heterocycles. The summed E-state index contributed by atoms with van der Waals surface area (Å²) in [6.07, 6.45) is 32.4. The van der Waals surface area contributed by atoms with Gasteiger partial charge in [-0.2, -0.15) is 0 Å². The van der Waals surface area contributed by atoms with Gasteiger partial charge in [-0.15, -0.1) is 0 Å². The number of carbonyl (C=O) groups is 3. The van der Waals surface area contributed by atoms with Crippen LogP contribution in [-0.4, -0.2) is 59.9 Å². The highest BCUT2D eigenvalue weighted by Crippen LogP contribution is 2.43. The molecule has 0 aromatic heterocycles. The van der Waals surface area contributed by atoms with E-state index in [0.717, 1.165) is 77.0 Å². The first kappa shape index (κ1) is 48.0. The normalized spacial score (nSPS) is 14.2. The number of aliphatic carboxylic acids is 1. The summed E-state index contributed by atoms with van der Waals surface area (Å²) in [6.45, 7) is 2.73. The number of ether oxygens (including phenoxy) is 2. The molecule has 0 aliphatic heterocycles. The molecule has 0 fully saturated rings. The maximum Gasteiger partial charge on any atom is 0.472 e. The van der Waals surface area contributed by atoms with Gasteiger partial charge >= 0.3 is 25.7 Å². The number of hydrogen-bond acceptors (Lipinski definition) is 9. The first-order valence-electron chi connectivity index (χ1n) is 19.4. The van der Waals surface area contributed by atoms with E-state index >= 15 is 0 Å². The zero-order valence-corrected chi connectivity index (χ0v) is 32.1. The first-order valence-corrected chi connectivity index (χ1v) is 20.9. The van der Waals surface area contributed by atoms with E-state index in [4.69, 9.17) is 24.8 Å². The largest absolute Gasteiger partial charge is 0.480 e. The number of allylic oxidation sites excluding steroid dienone is 4. The van der Waals surface area contributed by atoms with Crippen LogP contribution in [0.3, 0.4) is 0 Å². The highest BCUT2D eigenvalue weighted by atomic mass is 31.2. The SMILES string of the molecule is CCCCCC/C=C\CCCCCCCC(=O)OC[C@H](COP(=O)(O)OC[C@H](N)C(=O)O)OC(=O)CCCCCCC/C=C\CCCCCC. The van der Waals surface area contributed by atoms with Gasteiger partial charge in [0.1, 0.15) is 12.6 Å². The van der Waals surface area contributed by atoms with Crippen LogP contribution in [0.4, 0.5) is 0 Å². The molecular formula is C38H70NO10P. The Hall–Kier alpha value is -2.04. The standard InChI is InChI=1S/C38H70NO10P/c1-3-5-7-9-11-13-15-17-19-21-23-25-27-29-36(40)46-31-34(32-47-50(44,45)48-33-35(39)38(42)43)49-37(41)30-28-26-24-22-20-18-16-14-12-10-8-6-4-2/h13-16,34-35H,3-12,17-33,39H2,1-2H3,(H,42,43)(H,44,45)/b15-13-,16-14-/t34-,35+/m1/s1. The number of carbonyl (C=O) groups excluding carboxylic acids is 2. The second-order valence-electron chi connectivity index (χ2n) is 13.1. The van der Waals surface area contributed by atoms with Gasteiger partial charge < -0.3 is 25.2 Å². The average molecular weight is 732 g/mol. The number of unbranched alkanes of at least 4 members (excludes halogenated alkanes) is 18. The quantitative estimate of drug-likeness (QED) is 0.0242. The molecule has 0 aromatic rings. The van der Waals surface area contributed by atoms with Gasteiger partial charge in [-0.05, 0) is 64.2 Å². The van der Waals surface area contributed by atoms with Crippen molar-refractivity contribution in [2.24, 2.45) is 5.73 Å². The number of carboxylic acids is 1. The minimum absolute atomic E-state index is 0.150. The minimum atomic E-state index is -4.71. The predicted octanol–water partition coefficient (Wildman–Crippen LogP) is 9.50.